The second kappa shape index (κ2) is 13.5. The molecule has 7 nitrogen and oxygen atoms in total. The molecule has 0 fully saturated rings. The zero-order chi connectivity index (χ0) is 27.7. The van der Waals surface area contributed by atoms with E-state index in [2.05, 4.69) is 4.72 Å². The number of sulfonamides is 1. The molecule has 0 radical (unpaired) electrons. The maximum atomic E-state index is 13.9. The number of benzene rings is 3. The average Bonchev–Trinajstić information content (AvgIpc) is 2.89. The lowest BCUT2D eigenvalue weighted by Crippen LogP contribution is -2.51. The van der Waals surface area contributed by atoms with Crippen LogP contribution in [-0.2, 0) is 29.4 Å². The first-order chi connectivity index (χ1) is 18.1. The summed E-state index contributed by atoms with van der Waals surface area (Å²) in [7, 11) is -4.10. The van der Waals surface area contributed by atoms with Crippen molar-refractivity contribution in [3.8, 4) is 0 Å². The molecule has 1 amide bonds. The van der Waals surface area contributed by atoms with Crippen LogP contribution in [0.25, 0.3) is 0 Å². The standard InChI is InChI=1S/C29H35FN2O5S/c1-21(2)13-14-24-18-25(30)15-16-28(24)38(36,37)31-19-27(33)26(17-22-9-5-3-6-10-22)32(29(34)35)20-23-11-7-4-8-12-23/h3-12,15-16,18,21,26-27,31,33H,13-14,17,19-20H2,1-2H3,(H,34,35)/t26-,27+/m0/s1. The first kappa shape index (κ1) is 29.3. The molecule has 3 aromatic rings. The number of carbonyl (C=O) groups is 1. The van der Waals surface area contributed by atoms with Crippen LogP contribution < -0.4 is 4.72 Å². The van der Waals surface area contributed by atoms with Gasteiger partial charge in [0.15, 0.2) is 0 Å². The van der Waals surface area contributed by atoms with E-state index < -0.39 is 40.6 Å². The molecule has 0 spiro atoms. The summed E-state index contributed by atoms with van der Waals surface area (Å²) in [6.45, 7) is 3.60. The van der Waals surface area contributed by atoms with Crippen LogP contribution in [0.1, 0.15) is 37.0 Å². The van der Waals surface area contributed by atoms with Gasteiger partial charge in [-0.25, -0.2) is 22.3 Å². The molecule has 0 aromatic heterocycles. The van der Waals surface area contributed by atoms with Crippen LogP contribution in [0.2, 0.25) is 0 Å². The molecule has 9 heteroatoms. The van der Waals surface area contributed by atoms with Crippen LogP contribution in [0.15, 0.2) is 83.8 Å². The highest BCUT2D eigenvalue weighted by Gasteiger charge is 2.31. The quantitative estimate of drug-likeness (QED) is 0.286. The summed E-state index contributed by atoms with van der Waals surface area (Å²) < 4.78 is 42.8. The molecule has 0 aliphatic heterocycles. The Morgan fingerprint density at radius 1 is 0.974 bits per heavy atom. The summed E-state index contributed by atoms with van der Waals surface area (Å²) in [5, 5.41) is 21.2. The number of hydrogen-bond acceptors (Lipinski definition) is 4. The fraction of sp³-hybridized carbons (Fsp3) is 0.345. The fourth-order valence-corrected chi connectivity index (χ4v) is 5.57. The fourth-order valence-electron chi connectivity index (χ4n) is 4.27. The molecule has 0 bridgehead atoms. The van der Waals surface area contributed by atoms with E-state index in [1.165, 1.54) is 12.1 Å². The summed E-state index contributed by atoms with van der Waals surface area (Å²) in [5.41, 5.74) is 1.90. The molecule has 0 aliphatic carbocycles. The molecule has 0 aliphatic rings. The third-order valence-electron chi connectivity index (χ3n) is 6.36. The number of amides is 1. The molecule has 3 aromatic carbocycles. The molecule has 0 heterocycles. The summed E-state index contributed by atoms with van der Waals surface area (Å²) >= 11 is 0. The van der Waals surface area contributed by atoms with Gasteiger partial charge in [-0.05, 0) is 60.1 Å². The van der Waals surface area contributed by atoms with Crippen LogP contribution in [-0.4, -0.2) is 48.3 Å². The second-order valence-corrected chi connectivity index (χ2v) is 11.5. The van der Waals surface area contributed by atoms with Gasteiger partial charge in [0.05, 0.1) is 17.0 Å². The highest BCUT2D eigenvalue weighted by Crippen LogP contribution is 2.22. The van der Waals surface area contributed by atoms with Crippen molar-refractivity contribution in [1.29, 1.82) is 0 Å². The smallest absolute Gasteiger partial charge is 0.407 e. The van der Waals surface area contributed by atoms with E-state index in [0.717, 1.165) is 22.1 Å². The zero-order valence-electron chi connectivity index (χ0n) is 21.6. The van der Waals surface area contributed by atoms with Crippen molar-refractivity contribution in [2.24, 2.45) is 5.92 Å². The molecular weight excluding hydrogens is 507 g/mol. The molecule has 3 rings (SSSR count). The van der Waals surface area contributed by atoms with Gasteiger partial charge < -0.3 is 10.2 Å². The SMILES string of the molecule is CC(C)CCc1cc(F)ccc1S(=O)(=O)NC[C@@H](O)[C@H](Cc1ccccc1)N(Cc1ccccc1)C(=O)O. The van der Waals surface area contributed by atoms with Gasteiger partial charge in [-0.15, -0.1) is 0 Å². The highest BCUT2D eigenvalue weighted by atomic mass is 32.2. The van der Waals surface area contributed by atoms with E-state index >= 15 is 0 Å². The highest BCUT2D eigenvalue weighted by molar-refractivity contribution is 7.89. The Morgan fingerprint density at radius 3 is 2.16 bits per heavy atom. The van der Waals surface area contributed by atoms with E-state index in [1.54, 1.807) is 24.3 Å². The molecule has 0 saturated carbocycles. The maximum absolute atomic E-state index is 13.9. The monoisotopic (exact) mass is 542 g/mol. The first-order valence-electron chi connectivity index (χ1n) is 12.6. The summed E-state index contributed by atoms with van der Waals surface area (Å²) in [4.78, 5) is 13.4. The Hall–Kier alpha value is -3.27. The van der Waals surface area contributed by atoms with E-state index in [4.69, 9.17) is 0 Å². The Labute approximate surface area is 224 Å². The van der Waals surface area contributed by atoms with Crippen molar-refractivity contribution >= 4 is 16.1 Å². The van der Waals surface area contributed by atoms with E-state index in [0.29, 0.717) is 24.3 Å². The number of halogens is 1. The van der Waals surface area contributed by atoms with E-state index in [1.807, 2.05) is 50.2 Å². The molecule has 0 saturated heterocycles. The topological polar surface area (TPSA) is 107 Å². The van der Waals surface area contributed by atoms with Crippen LogP contribution in [0.4, 0.5) is 9.18 Å². The van der Waals surface area contributed by atoms with Crippen molar-refractivity contribution in [3.05, 3.63) is 101 Å². The van der Waals surface area contributed by atoms with Gasteiger partial charge in [-0.3, -0.25) is 4.90 Å². The van der Waals surface area contributed by atoms with Gasteiger partial charge >= 0.3 is 6.09 Å². The van der Waals surface area contributed by atoms with Gasteiger partial charge in [0.25, 0.3) is 0 Å². The number of hydrogen-bond donors (Lipinski definition) is 3. The van der Waals surface area contributed by atoms with Gasteiger partial charge in [-0.1, -0.05) is 74.5 Å². The van der Waals surface area contributed by atoms with E-state index in [-0.39, 0.29) is 17.9 Å². The minimum absolute atomic E-state index is 0.0226. The lowest BCUT2D eigenvalue weighted by atomic mass is 9.99. The lowest BCUT2D eigenvalue weighted by molar-refractivity contribution is 0.0469. The first-order valence-corrected chi connectivity index (χ1v) is 14.1. The molecule has 2 atom stereocenters. The maximum Gasteiger partial charge on any atom is 0.407 e. The summed E-state index contributed by atoms with van der Waals surface area (Å²) in [5.74, 6) is -0.224. The minimum atomic E-state index is -4.10. The van der Waals surface area contributed by atoms with E-state index in [9.17, 15) is 27.8 Å². The van der Waals surface area contributed by atoms with Gasteiger partial charge in [-0.2, -0.15) is 0 Å². The number of nitrogens with one attached hydrogen (secondary N) is 1. The van der Waals surface area contributed by atoms with Crippen molar-refractivity contribution in [3.63, 3.8) is 0 Å². The summed E-state index contributed by atoms with van der Waals surface area (Å²) in [6.07, 6.45) is -1.34. The van der Waals surface area contributed by atoms with Crippen molar-refractivity contribution in [2.45, 2.75) is 56.7 Å². The van der Waals surface area contributed by atoms with Crippen LogP contribution in [0, 0.1) is 11.7 Å². The van der Waals surface area contributed by atoms with Crippen molar-refractivity contribution < 1.29 is 27.8 Å². The number of rotatable bonds is 13. The normalized spacial score (nSPS) is 13.3. The van der Waals surface area contributed by atoms with Gasteiger partial charge in [0.2, 0.25) is 10.0 Å². The average molecular weight is 543 g/mol. The lowest BCUT2D eigenvalue weighted by Gasteiger charge is -2.33. The number of carboxylic acid groups (broad SMARTS) is 1. The molecular formula is C29H35FN2O5S. The number of aliphatic hydroxyl groups is 1. The molecule has 38 heavy (non-hydrogen) atoms. The third kappa shape index (κ3) is 8.37. The molecule has 0 unspecified atom stereocenters. The summed E-state index contributed by atoms with van der Waals surface area (Å²) in [6, 6.07) is 20.7. The Kier molecular flexibility index (Phi) is 10.4. The third-order valence-corrected chi connectivity index (χ3v) is 7.88. The van der Waals surface area contributed by atoms with Gasteiger partial charge in [0, 0.05) is 13.1 Å². The van der Waals surface area contributed by atoms with Gasteiger partial charge in [0.1, 0.15) is 5.82 Å². The second-order valence-electron chi connectivity index (χ2n) is 9.76. The molecule has 204 valence electrons. The zero-order valence-corrected chi connectivity index (χ0v) is 22.4. The molecule has 3 N–H and O–H groups in total. The van der Waals surface area contributed by atoms with Crippen molar-refractivity contribution in [2.75, 3.05) is 6.54 Å². The number of aliphatic hydroxyl groups excluding tert-OH is 1. The number of aryl methyl sites for hydroxylation is 1. The Balaban J connectivity index is 1.85. The Bertz CT molecular complexity index is 1290. The predicted octanol–water partition coefficient (Wildman–Crippen LogP) is 4.85. The van der Waals surface area contributed by atoms with Crippen LogP contribution >= 0.6 is 0 Å². The number of nitrogens with zero attached hydrogens (tertiary/aromatic N) is 1. The predicted molar refractivity (Wildman–Crippen MR) is 145 cm³/mol. The minimum Gasteiger partial charge on any atom is -0.465 e. The van der Waals surface area contributed by atoms with Crippen molar-refractivity contribution in [1.82, 2.24) is 9.62 Å². The Morgan fingerprint density at radius 2 is 1.58 bits per heavy atom. The van der Waals surface area contributed by atoms with Crippen LogP contribution in [0.5, 0.6) is 0 Å². The van der Waals surface area contributed by atoms with Crippen LogP contribution in [0.3, 0.4) is 0 Å². The largest absolute Gasteiger partial charge is 0.465 e.